The van der Waals surface area contributed by atoms with E-state index in [-0.39, 0.29) is 5.91 Å². The summed E-state index contributed by atoms with van der Waals surface area (Å²) in [6.07, 6.45) is 3.37. The molecule has 0 unspecified atom stereocenters. The summed E-state index contributed by atoms with van der Waals surface area (Å²) in [5, 5.41) is 3.19. The zero-order valence-electron chi connectivity index (χ0n) is 13.2. The Labute approximate surface area is 139 Å². The molecule has 0 aliphatic heterocycles. The van der Waals surface area contributed by atoms with Crippen LogP contribution in [-0.2, 0) is 17.6 Å². The number of nitrogens with two attached hydrogens (primary N) is 1. The van der Waals surface area contributed by atoms with E-state index in [0.29, 0.717) is 13.0 Å². The van der Waals surface area contributed by atoms with Crippen LogP contribution in [0.3, 0.4) is 0 Å². The molecule has 1 aromatic carbocycles. The van der Waals surface area contributed by atoms with Crippen LogP contribution >= 0.6 is 11.3 Å². The Morgan fingerprint density at radius 1 is 1.30 bits per heavy atom. The Morgan fingerprint density at radius 3 is 2.91 bits per heavy atom. The summed E-state index contributed by atoms with van der Waals surface area (Å²) in [6, 6.07) is 11.7. The van der Waals surface area contributed by atoms with Crippen LogP contribution in [0.1, 0.15) is 10.4 Å². The number of aromatic nitrogens is 1. The number of benzene rings is 1. The summed E-state index contributed by atoms with van der Waals surface area (Å²) < 4.78 is 0. The molecule has 0 aliphatic carbocycles. The largest absolute Gasteiger partial charge is 0.361 e. The van der Waals surface area contributed by atoms with Gasteiger partial charge in [0.15, 0.2) is 0 Å². The van der Waals surface area contributed by atoms with E-state index in [1.54, 1.807) is 16.2 Å². The number of fused-ring (bicyclic) bond motifs is 1. The van der Waals surface area contributed by atoms with Crippen LogP contribution in [0.25, 0.3) is 10.9 Å². The quantitative estimate of drug-likeness (QED) is 0.731. The average Bonchev–Trinajstić information content (AvgIpc) is 3.22. The molecule has 0 spiro atoms. The van der Waals surface area contributed by atoms with Gasteiger partial charge in [-0.15, -0.1) is 11.3 Å². The first-order valence-corrected chi connectivity index (χ1v) is 8.61. The highest BCUT2D eigenvalue weighted by Crippen LogP contribution is 2.19. The molecule has 0 bridgehead atoms. The van der Waals surface area contributed by atoms with Gasteiger partial charge in [-0.25, -0.2) is 0 Å². The van der Waals surface area contributed by atoms with Crippen LogP contribution in [0.5, 0.6) is 0 Å². The lowest BCUT2D eigenvalue weighted by atomic mass is 10.0. The monoisotopic (exact) mass is 327 g/mol. The first kappa shape index (κ1) is 15.8. The molecule has 3 rings (SSSR count). The number of aromatic amines is 1. The number of carbonyl (C=O) groups excluding carboxylic acids is 1. The molecule has 0 radical (unpaired) electrons. The van der Waals surface area contributed by atoms with Crippen molar-refractivity contribution in [1.29, 1.82) is 0 Å². The van der Waals surface area contributed by atoms with Gasteiger partial charge in [-0.05, 0) is 35.9 Å². The predicted molar refractivity (Wildman–Crippen MR) is 95.6 cm³/mol. The maximum Gasteiger partial charge on any atom is 0.239 e. The zero-order valence-corrected chi connectivity index (χ0v) is 14.0. The Morgan fingerprint density at radius 2 is 2.13 bits per heavy atom. The number of H-pyrrole nitrogens is 1. The Hall–Kier alpha value is -2.11. The van der Waals surface area contributed by atoms with E-state index in [0.717, 1.165) is 22.9 Å². The molecule has 23 heavy (non-hydrogen) atoms. The number of carbonyl (C=O) groups is 1. The van der Waals surface area contributed by atoms with Gasteiger partial charge in [0.2, 0.25) is 5.91 Å². The van der Waals surface area contributed by atoms with Crippen LogP contribution < -0.4 is 5.73 Å². The molecule has 3 N–H and O–H groups in total. The normalized spacial score (nSPS) is 12.4. The SMILES string of the molecule is CN(CCc1cccs1)C(=O)[C@@H](N)Cc1c[nH]c2ccccc12. The molecular weight excluding hydrogens is 306 g/mol. The van der Waals surface area contributed by atoms with Gasteiger partial charge in [-0.2, -0.15) is 0 Å². The van der Waals surface area contributed by atoms with Crippen LogP contribution in [0.2, 0.25) is 0 Å². The van der Waals surface area contributed by atoms with Gasteiger partial charge in [0.05, 0.1) is 6.04 Å². The van der Waals surface area contributed by atoms with Crippen molar-refractivity contribution in [2.45, 2.75) is 18.9 Å². The molecular formula is C18H21N3OS. The number of nitrogens with one attached hydrogen (secondary N) is 1. The Kier molecular flexibility index (Phi) is 4.79. The van der Waals surface area contributed by atoms with E-state index >= 15 is 0 Å². The van der Waals surface area contributed by atoms with Crippen LogP contribution in [0.15, 0.2) is 48.0 Å². The highest BCUT2D eigenvalue weighted by molar-refractivity contribution is 7.09. The van der Waals surface area contributed by atoms with E-state index in [1.807, 2.05) is 37.5 Å². The highest BCUT2D eigenvalue weighted by atomic mass is 32.1. The number of amides is 1. The third-order valence-electron chi connectivity index (χ3n) is 4.08. The van der Waals surface area contributed by atoms with Crippen molar-refractivity contribution < 1.29 is 4.79 Å². The minimum atomic E-state index is -0.512. The Balaban J connectivity index is 1.60. The molecule has 0 saturated heterocycles. The summed E-state index contributed by atoms with van der Waals surface area (Å²) >= 11 is 1.72. The van der Waals surface area contributed by atoms with Gasteiger partial charge in [-0.1, -0.05) is 24.3 Å². The second-order valence-corrected chi connectivity index (χ2v) is 6.79. The lowest BCUT2D eigenvalue weighted by Crippen LogP contribution is -2.43. The molecule has 0 saturated carbocycles. The number of hydrogen-bond acceptors (Lipinski definition) is 3. The van der Waals surface area contributed by atoms with E-state index in [1.165, 1.54) is 4.88 Å². The number of thiophene rings is 1. The van der Waals surface area contributed by atoms with Gasteiger partial charge < -0.3 is 15.6 Å². The lowest BCUT2D eigenvalue weighted by Gasteiger charge is -2.21. The number of para-hydroxylation sites is 1. The van der Waals surface area contributed by atoms with E-state index in [4.69, 9.17) is 5.73 Å². The molecule has 5 heteroatoms. The summed E-state index contributed by atoms with van der Waals surface area (Å²) in [7, 11) is 1.82. The van der Waals surface area contributed by atoms with Crippen molar-refractivity contribution in [1.82, 2.24) is 9.88 Å². The van der Waals surface area contributed by atoms with E-state index in [9.17, 15) is 4.79 Å². The summed E-state index contributed by atoms with van der Waals surface area (Å²) in [4.78, 5) is 18.7. The van der Waals surface area contributed by atoms with Crippen molar-refractivity contribution in [2.24, 2.45) is 5.73 Å². The molecule has 1 atom stereocenters. The van der Waals surface area contributed by atoms with Crippen molar-refractivity contribution >= 4 is 28.1 Å². The molecule has 0 aliphatic rings. The molecule has 1 amide bonds. The van der Waals surface area contributed by atoms with Gasteiger partial charge in [0.1, 0.15) is 0 Å². The minimum absolute atomic E-state index is 0.00756. The lowest BCUT2D eigenvalue weighted by molar-refractivity contribution is -0.131. The standard InChI is InChI=1S/C18H21N3OS/c1-21(9-8-14-5-4-10-23-14)18(22)16(19)11-13-12-20-17-7-3-2-6-15(13)17/h2-7,10,12,16,20H,8-9,11,19H2,1H3/t16-/m0/s1. The second kappa shape index (κ2) is 6.98. The van der Waals surface area contributed by atoms with Gasteiger partial charge in [0, 0.05) is 35.6 Å². The van der Waals surface area contributed by atoms with Gasteiger partial charge >= 0.3 is 0 Å². The Bertz CT molecular complexity index is 779. The van der Waals surface area contributed by atoms with Gasteiger partial charge in [-0.3, -0.25) is 4.79 Å². The molecule has 2 aromatic heterocycles. The third kappa shape index (κ3) is 3.63. The average molecular weight is 327 g/mol. The fourth-order valence-corrected chi connectivity index (χ4v) is 3.45. The number of likely N-dealkylation sites (N-methyl/N-ethyl adjacent to an activating group) is 1. The van der Waals surface area contributed by atoms with Crippen molar-refractivity contribution in [3.05, 3.63) is 58.4 Å². The topological polar surface area (TPSA) is 62.1 Å². The van der Waals surface area contributed by atoms with Crippen LogP contribution in [0.4, 0.5) is 0 Å². The first-order valence-electron chi connectivity index (χ1n) is 7.73. The highest BCUT2D eigenvalue weighted by Gasteiger charge is 2.19. The summed E-state index contributed by atoms with van der Waals surface area (Å²) in [6.45, 7) is 0.695. The first-order chi connectivity index (χ1) is 11.1. The van der Waals surface area contributed by atoms with Crippen molar-refractivity contribution in [2.75, 3.05) is 13.6 Å². The van der Waals surface area contributed by atoms with E-state index in [2.05, 4.69) is 22.5 Å². The maximum absolute atomic E-state index is 12.5. The zero-order chi connectivity index (χ0) is 16.2. The molecule has 2 heterocycles. The van der Waals surface area contributed by atoms with E-state index < -0.39 is 6.04 Å². The smallest absolute Gasteiger partial charge is 0.239 e. The molecule has 3 aromatic rings. The number of hydrogen-bond donors (Lipinski definition) is 2. The van der Waals surface area contributed by atoms with Crippen LogP contribution in [-0.4, -0.2) is 35.4 Å². The molecule has 0 fully saturated rings. The third-order valence-corrected chi connectivity index (χ3v) is 5.02. The molecule has 120 valence electrons. The number of rotatable bonds is 6. The van der Waals surface area contributed by atoms with Crippen molar-refractivity contribution in [3.63, 3.8) is 0 Å². The van der Waals surface area contributed by atoms with Crippen molar-refractivity contribution in [3.8, 4) is 0 Å². The maximum atomic E-state index is 12.5. The number of nitrogens with zero attached hydrogens (tertiary/aromatic N) is 1. The fourth-order valence-electron chi connectivity index (χ4n) is 2.75. The summed E-state index contributed by atoms with van der Waals surface area (Å²) in [5.74, 6) is -0.00756. The predicted octanol–water partition coefficient (Wildman–Crippen LogP) is 2.80. The second-order valence-electron chi connectivity index (χ2n) is 5.76. The minimum Gasteiger partial charge on any atom is -0.361 e. The van der Waals surface area contributed by atoms with Gasteiger partial charge in [0.25, 0.3) is 0 Å². The molecule has 4 nitrogen and oxygen atoms in total. The fraction of sp³-hybridized carbons (Fsp3) is 0.278. The summed E-state index contributed by atoms with van der Waals surface area (Å²) in [5.41, 5.74) is 8.31. The van der Waals surface area contributed by atoms with Crippen LogP contribution in [0, 0.1) is 0 Å².